The quantitative estimate of drug-likeness (QED) is 0.866. The van der Waals surface area contributed by atoms with Gasteiger partial charge in [0.2, 0.25) is 5.88 Å². The number of aromatic amines is 1. The fraction of sp³-hybridized carbons (Fsp3) is 0.214. The number of H-pyrrole nitrogens is 1. The molecule has 1 heterocycles. The van der Waals surface area contributed by atoms with Gasteiger partial charge in [0.05, 0.1) is 12.5 Å². The third-order valence-electron chi connectivity index (χ3n) is 2.63. The van der Waals surface area contributed by atoms with Gasteiger partial charge in [0.25, 0.3) is 5.56 Å². The zero-order chi connectivity index (χ0) is 14.5. The van der Waals surface area contributed by atoms with Crippen molar-refractivity contribution in [3.63, 3.8) is 0 Å². The first-order valence-corrected chi connectivity index (χ1v) is 6.16. The highest BCUT2D eigenvalue weighted by atomic mass is 16.5. The molecular weight excluding hydrogens is 260 g/mol. The van der Waals surface area contributed by atoms with Crippen LogP contribution in [0.15, 0.2) is 35.1 Å². The fourth-order valence-electron chi connectivity index (χ4n) is 1.73. The van der Waals surface area contributed by atoms with Crippen LogP contribution in [0.25, 0.3) is 0 Å². The Labute approximate surface area is 115 Å². The van der Waals surface area contributed by atoms with Crippen molar-refractivity contribution in [2.75, 3.05) is 0 Å². The highest BCUT2D eigenvalue weighted by Crippen LogP contribution is 2.23. The number of rotatable bonds is 5. The van der Waals surface area contributed by atoms with Crippen molar-refractivity contribution in [3.8, 4) is 11.6 Å². The van der Waals surface area contributed by atoms with Crippen molar-refractivity contribution >= 4 is 5.97 Å². The third kappa shape index (κ3) is 3.44. The number of benzene rings is 1. The molecule has 0 fully saturated rings. The third-order valence-corrected chi connectivity index (χ3v) is 2.63. The van der Waals surface area contributed by atoms with E-state index >= 15 is 0 Å². The lowest BCUT2D eigenvalue weighted by molar-refractivity contribution is -0.136. The molecule has 1 aromatic heterocycles. The van der Waals surface area contributed by atoms with E-state index < -0.39 is 5.97 Å². The largest absolute Gasteiger partial charge is 0.481 e. The first-order valence-electron chi connectivity index (χ1n) is 6.16. The molecule has 0 spiro atoms. The molecule has 0 atom stereocenters. The summed E-state index contributed by atoms with van der Waals surface area (Å²) in [5.41, 5.74) is 0.225. The summed E-state index contributed by atoms with van der Waals surface area (Å²) in [6, 6.07) is 8.00. The van der Waals surface area contributed by atoms with Crippen LogP contribution in [-0.2, 0) is 17.6 Å². The molecule has 0 unspecified atom stereocenters. The average Bonchev–Trinajstić information content (AvgIpc) is 2.39. The number of nitrogens with one attached hydrogen (secondary N) is 1. The minimum atomic E-state index is -0.950. The first-order chi connectivity index (χ1) is 9.58. The van der Waals surface area contributed by atoms with E-state index in [1.807, 2.05) is 6.92 Å². The maximum absolute atomic E-state index is 11.5. The normalized spacial score (nSPS) is 10.2. The van der Waals surface area contributed by atoms with Gasteiger partial charge >= 0.3 is 5.97 Å². The molecule has 6 nitrogen and oxygen atoms in total. The number of para-hydroxylation sites is 1. The van der Waals surface area contributed by atoms with E-state index in [4.69, 9.17) is 9.84 Å². The minimum Gasteiger partial charge on any atom is -0.481 e. The monoisotopic (exact) mass is 274 g/mol. The van der Waals surface area contributed by atoms with E-state index in [1.165, 1.54) is 6.07 Å². The van der Waals surface area contributed by atoms with Crippen LogP contribution >= 0.6 is 0 Å². The number of hydrogen-bond acceptors (Lipinski definition) is 4. The number of carboxylic acids is 1. The van der Waals surface area contributed by atoms with Gasteiger partial charge < -0.3 is 14.8 Å². The molecule has 0 amide bonds. The Kier molecular flexibility index (Phi) is 4.14. The predicted octanol–water partition coefficient (Wildman–Crippen LogP) is 1.75. The number of carboxylic acid groups (broad SMARTS) is 1. The maximum Gasteiger partial charge on any atom is 0.307 e. The molecule has 2 rings (SSSR count). The lowest BCUT2D eigenvalue weighted by atomic mass is 10.1. The predicted molar refractivity (Wildman–Crippen MR) is 72.1 cm³/mol. The Balaban J connectivity index is 2.32. The molecule has 104 valence electrons. The van der Waals surface area contributed by atoms with Gasteiger partial charge in [-0.15, -0.1) is 0 Å². The molecule has 1 aromatic carbocycles. The molecule has 2 aromatic rings. The van der Waals surface area contributed by atoms with Gasteiger partial charge in [0.1, 0.15) is 11.6 Å². The van der Waals surface area contributed by atoms with Gasteiger partial charge in [-0.3, -0.25) is 9.59 Å². The van der Waals surface area contributed by atoms with E-state index in [9.17, 15) is 9.59 Å². The van der Waals surface area contributed by atoms with E-state index in [0.29, 0.717) is 23.6 Å². The number of ether oxygens (including phenoxy) is 1. The Hall–Kier alpha value is -2.63. The Morgan fingerprint density at radius 1 is 1.40 bits per heavy atom. The van der Waals surface area contributed by atoms with Crippen molar-refractivity contribution in [1.29, 1.82) is 0 Å². The van der Waals surface area contributed by atoms with Crippen LogP contribution in [0.2, 0.25) is 0 Å². The smallest absolute Gasteiger partial charge is 0.307 e. The fourth-order valence-corrected chi connectivity index (χ4v) is 1.73. The molecule has 6 heteroatoms. The van der Waals surface area contributed by atoms with E-state index in [0.717, 1.165) is 0 Å². The summed E-state index contributed by atoms with van der Waals surface area (Å²) >= 11 is 0. The lowest BCUT2D eigenvalue weighted by Gasteiger charge is -2.09. The van der Waals surface area contributed by atoms with E-state index in [-0.39, 0.29) is 17.9 Å². The maximum atomic E-state index is 11.5. The molecule has 2 N–H and O–H groups in total. The lowest BCUT2D eigenvalue weighted by Crippen LogP contribution is -2.10. The number of nitrogens with zero attached hydrogens (tertiary/aromatic N) is 1. The Morgan fingerprint density at radius 3 is 2.85 bits per heavy atom. The molecule has 0 aliphatic heterocycles. The standard InChI is InChI=1S/C14H14N2O4/c1-2-11-15-12(17)8-13(16-11)20-10-6-4-3-5-9(10)7-14(18)19/h3-6,8H,2,7H2,1H3,(H,18,19)(H,15,16,17). The van der Waals surface area contributed by atoms with Crippen LogP contribution in [0, 0.1) is 0 Å². The summed E-state index contributed by atoms with van der Waals surface area (Å²) in [5.74, 6) is 0.107. The molecule has 0 radical (unpaired) electrons. The van der Waals surface area contributed by atoms with Crippen molar-refractivity contribution in [1.82, 2.24) is 9.97 Å². The average molecular weight is 274 g/mol. The van der Waals surface area contributed by atoms with Gasteiger partial charge in [-0.2, -0.15) is 4.98 Å². The molecule has 0 aliphatic rings. The Bertz CT molecular complexity index is 679. The molecule has 0 saturated carbocycles. The van der Waals surface area contributed by atoms with Gasteiger partial charge in [-0.1, -0.05) is 25.1 Å². The topological polar surface area (TPSA) is 92.3 Å². The number of carbonyl (C=O) groups is 1. The number of hydrogen-bond donors (Lipinski definition) is 2. The van der Waals surface area contributed by atoms with Crippen molar-refractivity contribution in [2.45, 2.75) is 19.8 Å². The van der Waals surface area contributed by atoms with Crippen LogP contribution in [0.1, 0.15) is 18.3 Å². The van der Waals surface area contributed by atoms with Crippen LogP contribution in [0.3, 0.4) is 0 Å². The summed E-state index contributed by atoms with van der Waals surface area (Å²) in [4.78, 5) is 29.0. The molecular formula is C14H14N2O4. The molecule has 0 bridgehead atoms. The van der Waals surface area contributed by atoms with Crippen molar-refractivity contribution in [2.24, 2.45) is 0 Å². The molecule has 0 saturated heterocycles. The van der Waals surface area contributed by atoms with Crippen LogP contribution in [0.4, 0.5) is 0 Å². The van der Waals surface area contributed by atoms with Gasteiger partial charge in [0, 0.05) is 12.0 Å². The van der Waals surface area contributed by atoms with Crippen LogP contribution in [-0.4, -0.2) is 21.0 Å². The SMILES string of the molecule is CCc1nc(Oc2ccccc2CC(=O)O)cc(=O)[nH]1. The first kappa shape index (κ1) is 13.8. The summed E-state index contributed by atoms with van der Waals surface area (Å²) in [7, 11) is 0. The number of aryl methyl sites for hydroxylation is 1. The summed E-state index contributed by atoms with van der Waals surface area (Å²) < 4.78 is 5.54. The Morgan fingerprint density at radius 2 is 2.15 bits per heavy atom. The second-order valence-electron chi connectivity index (χ2n) is 4.16. The number of aliphatic carboxylic acids is 1. The highest BCUT2D eigenvalue weighted by molar-refractivity contribution is 5.71. The van der Waals surface area contributed by atoms with Crippen LogP contribution < -0.4 is 10.3 Å². The zero-order valence-electron chi connectivity index (χ0n) is 10.9. The summed E-state index contributed by atoms with van der Waals surface area (Å²) in [6.07, 6.45) is 0.420. The van der Waals surface area contributed by atoms with E-state index in [1.54, 1.807) is 24.3 Å². The van der Waals surface area contributed by atoms with Crippen molar-refractivity contribution < 1.29 is 14.6 Å². The van der Waals surface area contributed by atoms with Gasteiger partial charge in [-0.25, -0.2) is 0 Å². The second kappa shape index (κ2) is 6.01. The highest BCUT2D eigenvalue weighted by Gasteiger charge is 2.09. The van der Waals surface area contributed by atoms with Crippen molar-refractivity contribution in [3.05, 3.63) is 52.1 Å². The van der Waals surface area contributed by atoms with Crippen LogP contribution in [0.5, 0.6) is 11.6 Å². The van der Waals surface area contributed by atoms with E-state index in [2.05, 4.69) is 9.97 Å². The zero-order valence-corrected chi connectivity index (χ0v) is 10.9. The molecule has 20 heavy (non-hydrogen) atoms. The summed E-state index contributed by atoms with van der Waals surface area (Å²) in [5, 5.41) is 8.86. The second-order valence-corrected chi connectivity index (χ2v) is 4.16. The number of aromatic nitrogens is 2. The van der Waals surface area contributed by atoms with Gasteiger partial charge in [-0.05, 0) is 6.07 Å². The van der Waals surface area contributed by atoms with Gasteiger partial charge in [0.15, 0.2) is 0 Å². The summed E-state index contributed by atoms with van der Waals surface area (Å²) in [6.45, 7) is 1.86. The minimum absolute atomic E-state index is 0.153. The molecule has 0 aliphatic carbocycles.